The maximum absolute atomic E-state index is 12.1. The number of nitrogens with zero attached hydrogens (tertiary/aromatic N) is 2. The number of anilines is 1. The minimum Gasteiger partial charge on any atom is -0.374 e. The fourth-order valence-electron chi connectivity index (χ4n) is 1.77. The average Bonchev–Trinajstić information content (AvgIpc) is 2.90. The van der Waals surface area contributed by atoms with Crippen LogP contribution in [0.2, 0.25) is 0 Å². The predicted octanol–water partition coefficient (Wildman–Crippen LogP) is 2.52. The highest BCUT2D eigenvalue weighted by atomic mass is 32.2. The van der Waals surface area contributed by atoms with Gasteiger partial charge in [0.15, 0.2) is 4.34 Å². The Morgan fingerprint density at radius 1 is 1.33 bits per heavy atom. The van der Waals surface area contributed by atoms with Crippen molar-refractivity contribution in [3.8, 4) is 0 Å². The van der Waals surface area contributed by atoms with Crippen molar-refractivity contribution in [1.29, 1.82) is 0 Å². The first-order chi connectivity index (χ1) is 10.1. The molecule has 3 N–H and O–H groups in total. The van der Waals surface area contributed by atoms with Crippen LogP contribution < -0.4 is 11.1 Å². The van der Waals surface area contributed by atoms with Crippen LogP contribution in [0, 0.1) is 0 Å². The maximum atomic E-state index is 12.1. The number of nitrogens with one attached hydrogen (secondary N) is 1. The molecule has 2 aromatic rings. The van der Waals surface area contributed by atoms with E-state index < -0.39 is 0 Å². The first kappa shape index (κ1) is 15.8. The molecule has 1 heterocycles. The van der Waals surface area contributed by atoms with Crippen LogP contribution in [-0.2, 0) is 4.79 Å². The number of nitrogen functional groups attached to an aromatic ring is 1. The van der Waals surface area contributed by atoms with Crippen molar-refractivity contribution in [2.24, 2.45) is 0 Å². The van der Waals surface area contributed by atoms with E-state index in [1.165, 1.54) is 28.7 Å². The molecule has 7 heteroatoms. The van der Waals surface area contributed by atoms with Gasteiger partial charge in [-0.1, -0.05) is 60.4 Å². The Hall–Kier alpha value is -1.60. The van der Waals surface area contributed by atoms with Crippen molar-refractivity contribution < 1.29 is 4.79 Å². The number of thioether (sulfide) groups is 1. The lowest BCUT2D eigenvalue weighted by atomic mass is 10.0. The summed E-state index contributed by atoms with van der Waals surface area (Å²) < 4.78 is 0.714. The van der Waals surface area contributed by atoms with E-state index in [0.29, 0.717) is 16.0 Å². The fourth-order valence-corrected chi connectivity index (χ4v) is 3.57. The molecule has 5 nitrogen and oxygen atoms in total. The standard InChI is InChI=1S/C14H18N4OS2/c1-9(11-6-4-3-5-7-11)8-16-12(19)10(2)20-14-18-17-13(15)21-14/h3-7,9-10H,8H2,1-2H3,(H2,15,17)(H,16,19)/t9-,10-/m1/s1. The quantitative estimate of drug-likeness (QED) is 0.799. The lowest BCUT2D eigenvalue weighted by Gasteiger charge is -2.15. The van der Waals surface area contributed by atoms with Gasteiger partial charge in [0.05, 0.1) is 5.25 Å². The summed E-state index contributed by atoms with van der Waals surface area (Å²) in [5.74, 6) is 0.279. The summed E-state index contributed by atoms with van der Waals surface area (Å²) in [6, 6.07) is 10.1. The van der Waals surface area contributed by atoms with Crippen LogP contribution in [0.15, 0.2) is 34.7 Å². The molecule has 0 aliphatic rings. The van der Waals surface area contributed by atoms with Gasteiger partial charge in [0.1, 0.15) is 0 Å². The molecule has 112 valence electrons. The Kier molecular flexibility index (Phi) is 5.58. The zero-order valence-electron chi connectivity index (χ0n) is 11.9. The van der Waals surface area contributed by atoms with Crippen LogP contribution in [0.1, 0.15) is 25.3 Å². The van der Waals surface area contributed by atoms with E-state index in [2.05, 4.69) is 34.6 Å². The van der Waals surface area contributed by atoms with Gasteiger partial charge in [-0.2, -0.15) is 0 Å². The van der Waals surface area contributed by atoms with Gasteiger partial charge in [0.2, 0.25) is 11.0 Å². The molecular weight excluding hydrogens is 304 g/mol. The summed E-state index contributed by atoms with van der Waals surface area (Å²) in [5.41, 5.74) is 6.74. The minimum absolute atomic E-state index is 0.00319. The molecule has 0 saturated heterocycles. The van der Waals surface area contributed by atoms with Gasteiger partial charge in [-0.15, -0.1) is 10.2 Å². The van der Waals surface area contributed by atoms with Crippen molar-refractivity contribution in [1.82, 2.24) is 15.5 Å². The van der Waals surface area contributed by atoms with E-state index in [1.807, 2.05) is 25.1 Å². The molecular formula is C14H18N4OS2. The molecule has 21 heavy (non-hydrogen) atoms. The summed E-state index contributed by atoms with van der Waals surface area (Å²) in [6.45, 7) is 4.57. The Morgan fingerprint density at radius 3 is 2.67 bits per heavy atom. The lowest BCUT2D eigenvalue weighted by Crippen LogP contribution is -2.33. The first-order valence-electron chi connectivity index (χ1n) is 6.64. The Labute approximate surface area is 132 Å². The topological polar surface area (TPSA) is 80.9 Å². The number of carbonyl (C=O) groups is 1. The van der Waals surface area contributed by atoms with E-state index in [4.69, 9.17) is 5.73 Å². The summed E-state index contributed by atoms with van der Waals surface area (Å²) in [4.78, 5) is 12.1. The smallest absolute Gasteiger partial charge is 0.233 e. The highest BCUT2D eigenvalue weighted by molar-refractivity contribution is 8.02. The van der Waals surface area contributed by atoms with Crippen molar-refractivity contribution in [3.05, 3.63) is 35.9 Å². The molecule has 2 atom stereocenters. The molecule has 0 radical (unpaired) electrons. The number of carbonyl (C=O) groups excluding carboxylic acids is 1. The van der Waals surface area contributed by atoms with Gasteiger partial charge in [-0.3, -0.25) is 4.79 Å². The SMILES string of the molecule is C[C@H](CNC(=O)[C@@H](C)Sc1nnc(N)s1)c1ccccc1. The highest BCUT2D eigenvalue weighted by Gasteiger charge is 2.17. The average molecular weight is 322 g/mol. The largest absolute Gasteiger partial charge is 0.374 e. The molecule has 1 aromatic carbocycles. The third-order valence-corrected chi connectivity index (χ3v) is 4.96. The highest BCUT2D eigenvalue weighted by Crippen LogP contribution is 2.27. The van der Waals surface area contributed by atoms with E-state index in [-0.39, 0.29) is 17.1 Å². The second-order valence-corrected chi connectivity index (χ2v) is 7.32. The van der Waals surface area contributed by atoms with Crippen LogP contribution in [0.25, 0.3) is 0 Å². The second kappa shape index (κ2) is 7.42. The Balaban J connectivity index is 1.81. The number of rotatable bonds is 6. The summed E-state index contributed by atoms with van der Waals surface area (Å²) >= 11 is 2.67. The van der Waals surface area contributed by atoms with Crippen LogP contribution in [0.4, 0.5) is 5.13 Å². The third kappa shape index (κ3) is 4.71. The van der Waals surface area contributed by atoms with Gasteiger partial charge >= 0.3 is 0 Å². The van der Waals surface area contributed by atoms with Gasteiger partial charge in [0, 0.05) is 6.54 Å². The van der Waals surface area contributed by atoms with Gasteiger partial charge < -0.3 is 11.1 Å². The number of aromatic nitrogens is 2. The third-order valence-electron chi connectivity index (χ3n) is 3.02. The monoisotopic (exact) mass is 322 g/mol. The van der Waals surface area contributed by atoms with Crippen molar-refractivity contribution in [2.45, 2.75) is 29.4 Å². The molecule has 0 aliphatic heterocycles. The number of hydrogen-bond donors (Lipinski definition) is 2. The molecule has 0 spiro atoms. The van der Waals surface area contributed by atoms with Crippen LogP contribution in [0.3, 0.4) is 0 Å². The minimum atomic E-state index is -0.222. The van der Waals surface area contributed by atoms with E-state index in [0.717, 1.165) is 0 Å². The number of amides is 1. The van der Waals surface area contributed by atoms with Crippen LogP contribution >= 0.6 is 23.1 Å². The molecule has 2 rings (SSSR count). The van der Waals surface area contributed by atoms with E-state index in [9.17, 15) is 4.79 Å². The van der Waals surface area contributed by atoms with Crippen molar-refractivity contribution in [3.63, 3.8) is 0 Å². The molecule has 1 aromatic heterocycles. The van der Waals surface area contributed by atoms with E-state index >= 15 is 0 Å². The zero-order chi connectivity index (χ0) is 15.2. The number of nitrogens with two attached hydrogens (primary N) is 1. The summed E-state index contributed by atoms with van der Waals surface area (Å²) in [6.07, 6.45) is 0. The Bertz CT molecular complexity index is 588. The van der Waals surface area contributed by atoms with Crippen LogP contribution in [0.5, 0.6) is 0 Å². The maximum Gasteiger partial charge on any atom is 0.233 e. The fraction of sp³-hybridized carbons (Fsp3) is 0.357. The van der Waals surface area contributed by atoms with E-state index in [1.54, 1.807) is 0 Å². The Morgan fingerprint density at radius 2 is 2.05 bits per heavy atom. The van der Waals surface area contributed by atoms with Gasteiger partial charge in [0.25, 0.3) is 0 Å². The van der Waals surface area contributed by atoms with Crippen LogP contribution in [-0.4, -0.2) is 27.9 Å². The number of hydrogen-bond acceptors (Lipinski definition) is 6. The summed E-state index contributed by atoms with van der Waals surface area (Å²) in [5, 5.41) is 10.8. The van der Waals surface area contributed by atoms with Crippen molar-refractivity contribution in [2.75, 3.05) is 12.3 Å². The lowest BCUT2D eigenvalue weighted by molar-refractivity contribution is -0.120. The normalized spacial score (nSPS) is 13.6. The molecule has 0 aliphatic carbocycles. The zero-order valence-corrected chi connectivity index (χ0v) is 13.6. The molecule has 0 unspecified atom stereocenters. The van der Waals surface area contributed by atoms with Crippen molar-refractivity contribution >= 4 is 34.1 Å². The predicted molar refractivity (Wildman–Crippen MR) is 87.5 cm³/mol. The number of benzene rings is 1. The molecule has 0 fully saturated rings. The molecule has 1 amide bonds. The van der Waals surface area contributed by atoms with Gasteiger partial charge in [-0.05, 0) is 18.4 Å². The molecule has 0 saturated carbocycles. The second-order valence-electron chi connectivity index (χ2n) is 4.72. The molecule has 0 bridgehead atoms. The summed E-state index contributed by atoms with van der Waals surface area (Å²) in [7, 11) is 0. The first-order valence-corrected chi connectivity index (χ1v) is 8.34. The van der Waals surface area contributed by atoms with Gasteiger partial charge in [-0.25, -0.2) is 0 Å².